The molecule has 0 radical (unpaired) electrons. The van der Waals surface area contributed by atoms with Gasteiger partial charge in [-0.05, 0) is 39.9 Å². The quantitative estimate of drug-likeness (QED) is 0.829. The normalized spacial score (nSPS) is 12.2. The lowest BCUT2D eigenvalue weighted by Gasteiger charge is -2.16. The highest BCUT2D eigenvalue weighted by atomic mass is 79.9. The van der Waals surface area contributed by atoms with Crippen LogP contribution in [0.5, 0.6) is 0 Å². The van der Waals surface area contributed by atoms with Gasteiger partial charge in [0.05, 0.1) is 16.1 Å². The molecule has 0 saturated carbocycles. The van der Waals surface area contributed by atoms with Crippen LogP contribution in [0.15, 0.2) is 20.1 Å². The minimum Gasteiger partial charge on any atom is -0.390 e. The van der Waals surface area contributed by atoms with Gasteiger partial charge in [-0.15, -0.1) is 11.3 Å². The topological polar surface area (TPSA) is 86.3 Å². The van der Waals surface area contributed by atoms with Crippen LogP contribution in [0.25, 0.3) is 0 Å². The van der Waals surface area contributed by atoms with E-state index in [2.05, 4.69) is 26.1 Å². The van der Waals surface area contributed by atoms with E-state index >= 15 is 0 Å². The fourth-order valence-corrected chi connectivity index (χ4v) is 4.52. The lowest BCUT2D eigenvalue weighted by molar-refractivity contribution is 0.273. The molecule has 110 valence electrons. The molecule has 0 aliphatic heterocycles. The predicted octanol–water partition coefficient (Wildman–Crippen LogP) is 1.86. The van der Waals surface area contributed by atoms with Crippen molar-refractivity contribution in [3.05, 3.63) is 32.2 Å². The van der Waals surface area contributed by atoms with E-state index in [4.69, 9.17) is 0 Å². The van der Waals surface area contributed by atoms with Crippen LogP contribution in [0.2, 0.25) is 0 Å². The number of aliphatic hydroxyl groups excluding tert-OH is 1. The van der Waals surface area contributed by atoms with Gasteiger partial charge in [0.15, 0.2) is 0 Å². The van der Waals surface area contributed by atoms with E-state index in [1.165, 1.54) is 22.7 Å². The van der Waals surface area contributed by atoms with Crippen molar-refractivity contribution in [2.24, 2.45) is 0 Å². The molecule has 20 heavy (non-hydrogen) atoms. The summed E-state index contributed by atoms with van der Waals surface area (Å²) in [7, 11) is -2.18. The Morgan fingerprint density at radius 1 is 1.55 bits per heavy atom. The summed E-state index contributed by atoms with van der Waals surface area (Å²) < 4.78 is 27.3. The highest BCUT2D eigenvalue weighted by molar-refractivity contribution is 9.11. The maximum absolute atomic E-state index is 12.6. The van der Waals surface area contributed by atoms with Gasteiger partial charge in [-0.3, -0.25) is 5.10 Å². The Hall–Kier alpha value is -0.740. The largest absolute Gasteiger partial charge is 0.390 e. The molecule has 0 fully saturated rings. The highest BCUT2D eigenvalue weighted by Crippen LogP contribution is 2.25. The van der Waals surface area contributed by atoms with Gasteiger partial charge in [0.25, 0.3) is 0 Å². The number of H-pyrrole nitrogens is 1. The number of thiophene rings is 1. The van der Waals surface area contributed by atoms with Crippen molar-refractivity contribution in [2.75, 3.05) is 7.05 Å². The van der Waals surface area contributed by atoms with Gasteiger partial charge in [-0.2, -0.15) is 9.40 Å². The Morgan fingerprint density at radius 3 is 2.80 bits per heavy atom. The zero-order valence-electron chi connectivity index (χ0n) is 10.9. The van der Waals surface area contributed by atoms with Crippen molar-refractivity contribution in [3.8, 4) is 0 Å². The minimum atomic E-state index is -3.69. The third kappa shape index (κ3) is 2.96. The van der Waals surface area contributed by atoms with E-state index in [1.807, 2.05) is 11.4 Å². The fraction of sp³-hybridized carbons (Fsp3) is 0.364. The molecule has 9 heteroatoms. The van der Waals surface area contributed by atoms with Gasteiger partial charge in [0, 0.05) is 13.6 Å². The number of sulfonamides is 1. The average Bonchev–Trinajstić information content (AvgIpc) is 2.95. The van der Waals surface area contributed by atoms with Gasteiger partial charge < -0.3 is 5.11 Å². The molecule has 2 aromatic heterocycles. The second-order valence-electron chi connectivity index (χ2n) is 4.30. The number of rotatable bonds is 5. The van der Waals surface area contributed by atoms with E-state index in [-0.39, 0.29) is 17.1 Å². The summed E-state index contributed by atoms with van der Waals surface area (Å²) in [6, 6.07) is 1.88. The number of aromatic amines is 1. The maximum Gasteiger partial charge on any atom is 0.246 e. The molecule has 0 unspecified atom stereocenters. The average molecular weight is 380 g/mol. The van der Waals surface area contributed by atoms with Gasteiger partial charge in [0.2, 0.25) is 10.0 Å². The summed E-state index contributed by atoms with van der Waals surface area (Å²) in [5, 5.41) is 17.5. The first-order valence-corrected chi connectivity index (χ1v) is 8.81. The summed E-state index contributed by atoms with van der Waals surface area (Å²) in [5.41, 5.74) is 1.47. The molecule has 0 aliphatic rings. The number of hydrogen-bond donors (Lipinski definition) is 2. The van der Waals surface area contributed by atoms with E-state index in [0.717, 1.165) is 9.35 Å². The second-order valence-corrected chi connectivity index (χ2v) is 8.57. The van der Waals surface area contributed by atoms with Crippen LogP contribution in [-0.2, 0) is 23.2 Å². The predicted molar refractivity (Wildman–Crippen MR) is 79.9 cm³/mol. The monoisotopic (exact) mass is 379 g/mol. The lowest BCUT2D eigenvalue weighted by Crippen LogP contribution is -2.27. The van der Waals surface area contributed by atoms with E-state index < -0.39 is 16.6 Å². The standard InChI is InChI=1S/C11H14BrN3O3S2/c1-7-11(9(5-16)14-13-7)20(17,18)15(2)4-8-3-10(12)19-6-8/h3,6,16H,4-5H2,1-2H3,(H,13,14). The summed E-state index contributed by atoms with van der Waals surface area (Å²) in [6.07, 6.45) is 0. The number of nitrogens with one attached hydrogen (secondary N) is 1. The van der Waals surface area contributed by atoms with Crippen molar-refractivity contribution in [1.82, 2.24) is 14.5 Å². The molecule has 0 aliphatic carbocycles. The van der Waals surface area contributed by atoms with E-state index in [0.29, 0.717) is 5.69 Å². The molecular formula is C11H14BrN3O3S2. The van der Waals surface area contributed by atoms with Crippen LogP contribution < -0.4 is 0 Å². The Kier molecular flexibility index (Phi) is 4.65. The SMILES string of the molecule is Cc1[nH]nc(CO)c1S(=O)(=O)N(C)Cc1csc(Br)c1. The van der Waals surface area contributed by atoms with Gasteiger partial charge in [-0.1, -0.05) is 0 Å². The summed E-state index contributed by atoms with van der Waals surface area (Å²) in [4.78, 5) is 0.0526. The minimum absolute atomic E-state index is 0.0526. The van der Waals surface area contributed by atoms with Gasteiger partial charge in [-0.25, -0.2) is 8.42 Å². The molecule has 2 rings (SSSR count). The molecule has 2 N–H and O–H groups in total. The third-order valence-corrected chi connectivity index (χ3v) is 6.37. The fourth-order valence-electron chi connectivity index (χ4n) is 1.85. The first-order chi connectivity index (χ1) is 9.36. The molecular weight excluding hydrogens is 366 g/mol. The van der Waals surface area contributed by atoms with E-state index in [9.17, 15) is 13.5 Å². The number of hydrogen-bond acceptors (Lipinski definition) is 5. The molecule has 0 bridgehead atoms. The van der Waals surface area contributed by atoms with Crippen molar-refractivity contribution in [2.45, 2.75) is 25.0 Å². The molecule has 0 atom stereocenters. The van der Waals surface area contributed by atoms with Crippen LogP contribution >= 0.6 is 27.3 Å². The smallest absolute Gasteiger partial charge is 0.246 e. The Balaban J connectivity index is 2.32. The Labute approximate surface area is 129 Å². The number of aryl methyl sites for hydroxylation is 1. The second kappa shape index (κ2) is 5.94. The number of halogens is 1. The Morgan fingerprint density at radius 2 is 2.25 bits per heavy atom. The van der Waals surface area contributed by atoms with Crippen LogP contribution in [0.3, 0.4) is 0 Å². The number of aromatic nitrogens is 2. The van der Waals surface area contributed by atoms with Crippen LogP contribution in [0, 0.1) is 6.92 Å². The van der Waals surface area contributed by atoms with Gasteiger partial charge >= 0.3 is 0 Å². The molecule has 0 saturated heterocycles. The molecule has 0 spiro atoms. The zero-order chi connectivity index (χ0) is 14.9. The van der Waals surface area contributed by atoms with Crippen molar-refractivity contribution >= 4 is 37.3 Å². The van der Waals surface area contributed by atoms with E-state index in [1.54, 1.807) is 6.92 Å². The summed E-state index contributed by atoms with van der Waals surface area (Å²) >= 11 is 4.85. The first kappa shape index (κ1) is 15.6. The van der Waals surface area contributed by atoms with Crippen molar-refractivity contribution < 1.29 is 13.5 Å². The van der Waals surface area contributed by atoms with Gasteiger partial charge in [0.1, 0.15) is 10.6 Å². The van der Waals surface area contributed by atoms with Crippen LogP contribution in [0.1, 0.15) is 17.0 Å². The van der Waals surface area contributed by atoms with Crippen LogP contribution in [0.4, 0.5) is 0 Å². The zero-order valence-corrected chi connectivity index (χ0v) is 14.1. The van der Waals surface area contributed by atoms with Crippen molar-refractivity contribution in [1.29, 1.82) is 0 Å². The lowest BCUT2D eigenvalue weighted by atomic mass is 10.3. The molecule has 0 aromatic carbocycles. The maximum atomic E-state index is 12.6. The molecule has 6 nitrogen and oxygen atoms in total. The molecule has 0 amide bonds. The number of aliphatic hydroxyl groups is 1. The molecule has 2 heterocycles. The highest BCUT2D eigenvalue weighted by Gasteiger charge is 2.28. The Bertz CT molecular complexity index is 708. The number of nitrogens with zero attached hydrogens (tertiary/aromatic N) is 2. The van der Waals surface area contributed by atoms with Crippen molar-refractivity contribution in [3.63, 3.8) is 0 Å². The van der Waals surface area contributed by atoms with Crippen LogP contribution in [-0.4, -0.2) is 35.1 Å². The first-order valence-electron chi connectivity index (χ1n) is 5.70. The summed E-state index contributed by atoms with van der Waals surface area (Å²) in [6.45, 7) is 1.46. The summed E-state index contributed by atoms with van der Waals surface area (Å²) in [5.74, 6) is 0. The third-order valence-electron chi connectivity index (χ3n) is 2.81. The molecule has 2 aromatic rings.